The summed E-state index contributed by atoms with van der Waals surface area (Å²) in [5.41, 5.74) is 4.05. The highest BCUT2D eigenvalue weighted by molar-refractivity contribution is 6.33. The Bertz CT molecular complexity index is 733. The lowest BCUT2D eigenvalue weighted by atomic mass is 10.1. The van der Waals surface area contributed by atoms with Gasteiger partial charge in [0, 0.05) is 5.69 Å². The van der Waals surface area contributed by atoms with Crippen molar-refractivity contribution >= 4 is 29.2 Å². The average molecular weight is 332 g/mol. The summed E-state index contributed by atoms with van der Waals surface area (Å²) >= 11 is 5.92. The Morgan fingerprint density at radius 1 is 1.09 bits per heavy atom. The maximum absolute atomic E-state index is 12.0. The van der Waals surface area contributed by atoms with Gasteiger partial charge in [-0.25, -0.2) is 4.79 Å². The summed E-state index contributed by atoms with van der Waals surface area (Å²) in [7, 11) is 0. The van der Waals surface area contributed by atoms with E-state index < -0.39 is 5.97 Å². The minimum Gasteiger partial charge on any atom is -0.452 e. The Morgan fingerprint density at radius 3 is 2.30 bits per heavy atom. The van der Waals surface area contributed by atoms with Gasteiger partial charge in [-0.15, -0.1) is 0 Å². The third-order valence-corrected chi connectivity index (χ3v) is 3.70. The lowest BCUT2D eigenvalue weighted by Gasteiger charge is -2.13. The molecule has 0 aliphatic heterocycles. The first kappa shape index (κ1) is 17.0. The summed E-state index contributed by atoms with van der Waals surface area (Å²) in [4.78, 5) is 23.9. The molecule has 120 valence electrons. The van der Waals surface area contributed by atoms with Crippen molar-refractivity contribution in [2.45, 2.75) is 20.8 Å². The minimum atomic E-state index is -0.622. The number of hydrogen-bond acceptors (Lipinski definition) is 3. The summed E-state index contributed by atoms with van der Waals surface area (Å²) in [6.45, 7) is 5.48. The van der Waals surface area contributed by atoms with Gasteiger partial charge in [-0.2, -0.15) is 0 Å². The van der Waals surface area contributed by atoms with E-state index in [9.17, 15) is 9.59 Å². The Kier molecular flexibility index (Phi) is 5.40. The van der Waals surface area contributed by atoms with Gasteiger partial charge in [0.25, 0.3) is 5.91 Å². The Balaban J connectivity index is 1.99. The second kappa shape index (κ2) is 7.29. The van der Waals surface area contributed by atoms with Gasteiger partial charge in [0.2, 0.25) is 0 Å². The number of benzene rings is 2. The Labute approximate surface area is 140 Å². The van der Waals surface area contributed by atoms with E-state index in [4.69, 9.17) is 16.3 Å². The third kappa shape index (κ3) is 4.33. The predicted molar refractivity (Wildman–Crippen MR) is 91.0 cm³/mol. The number of halogens is 1. The molecule has 0 bridgehead atoms. The number of ether oxygens (including phenoxy) is 1. The van der Waals surface area contributed by atoms with Gasteiger partial charge in [-0.05, 0) is 44.0 Å². The van der Waals surface area contributed by atoms with Crippen molar-refractivity contribution in [2.75, 3.05) is 11.9 Å². The lowest BCUT2D eigenvalue weighted by molar-refractivity contribution is -0.119. The second-order valence-corrected chi connectivity index (χ2v) is 5.79. The molecule has 2 aromatic rings. The molecule has 0 heterocycles. The largest absolute Gasteiger partial charge is 0.452 e. The van der Waals surface area contributed by atoms with Crippen LogP contribution in [0, 0.1) is 20.8 Å². The summed E-state index contributed by atoms with van der Waals surface area (Å²) in [5, 5.41) is 3.07. The van der Waals surface area contributed by atoms with Gasteiger partial charge in [0.1, 0.15) is 0 Å². The lowest BCUT2D eigenvalue weighted by Crippen LogP contribution is -2.22. The van der Waals surface area contributed by atoms with E-state index >= 15 is 0 Å². The van der Waals surface area contributed by atoms with Crippen molar-refractivity contribution < 1.29 is 14.3 Å². The van der Waals surface area contributed by atoms with E-state index in [0.717, 1.165) is 22.4 Å². The van der Waals surface area contributed by atoms with Crippen LogP contribution in [0.15, 0.2) is 36.4 Å². The molecule has 0 aliphatic carbocycles. The molecule has 0 atom stereocenters. The second-order valence-electron chi connectivity index (χ2n) is 5.38. The number of anilines is 1. The molecule has 0 unspecified atom stereocenters. The normalized spacial score (nSPS) is 10.3. The predicted octanol–water partition coefficient (Wildman–Crippen LogP) is 4.06. The molecule has 2 rings (SSSR count). The number of amides is 1. The zero-order valence-electron chi connectivity index (χ0n) is 13.3. The number of hydrogen-bond donors (Lipinski definition) is 1. The first-order valence-electron chi connectivity index (χ1n) is 7.18. The number of carbonyl (C=O) groups is 2. The van der Waals surface area contributed by atoms with Gasteiger partial charge in [-0.3, -0.25) is 4.79 Å². The Morgan fingerprint density at radius 2 is 1.70 bits per heavy atom. The van der Waals surface area contributed by atoms with Crippen LogP contribution in [0.2, 0.25) is 5.02 Å². The highest BCUT2D eigenvalue weighted by Gasteiger charge is 2.14. The fourth-order valence-corrected chi connectivity index (χ4v) is 2.60. The van der Waals surface area contributed by atoms with Crippen LogP contribution in [0.5, 0.6) is 0 Å². The SMILES string of the molecule is Cc1cc(C)c(NC(=O)COC(=O)c2ccccc2Cl)c(C)c1. The van der Waals surface area contributed by atoms with E-state index in [2.05, 4.69) is 5.32 Å². The van der Waals surface area contributed by atoms with Crippen molar-refractivity contribution in [3.8, 4) is 0 Å². The molecule has 2 aromatic carbocycles. The van der Waals surface area contributed by atoms with E-state index in [1.165, 1.54) is 0 Å². The molecular weight excluding hydrogens is 314 g/mol. The van der Waals surface area contributed by atoms with Crippen LogP contribution < -0.4 is 5.32 Å². The third-order valence-electron chi connectivity index (χ3n) is 3.37. The zero-order chi connectivity index (χ0) is 17.0. The number of esters is 1. The first-order valence-corrected chi connectivity index (χ1v) is 7.55. The van der Waals surface area contributed by atoms with Gasteiger partial charge < -0.3 is 10.1 Å². The molecule has 0 aromatic heterocycles. The highest BCUT2D eigenvalue weighted by Crippen LogP contribution is 2.22. The van der Waals surface area contributed by atoms with Crippen molar-refractivity contribution in [2.24, 2.45) is 0 Å². The van der Waals surface area contributed by atoms with Crippen LogP contribution in [-0.2, 0) is 9.53 Å². The van der Waals surface area contributed by atoms with Crippen LogP contribution in [-0.4, -0.2) is 18.5 Å². The highest BCUT2D eigenvalue weighted by atomic mass is 35.5. The van der Waals surface area contributed by atoms with Crippen molar-refractivity contribution in [3.05, 3.63) is 63.7 Å². The molecule has 23 heavy (non-hydrogen) atoms. The maximum atomic E-state index is 12.0. The van der Waals surface area contributed by atoms with E-state index in [0.29, 0.717) is 5.02 Å². The van der Waals surface area contributed by atoms with Crippen molar-refractivity contribution in [3.63, 3.8) is 0 Å². The van der Waals surface area contributed by atoms with Crippen LogP contribution in [0.1, 0.15) is 27.0 Å². The molecule has 0 saturated heterocycles. The summed E-state index contributed by atoms with van der Waals surface area (Å²) in [6.07, 6.45) is 0. The smallest absolute Gasteiger partial charge is 0.340 e. The molecule has 0 saturated carbocycles. The average Bonchev–Trinajstić information content (AvgIpc) is 2.49. The fraction of sp³-hybridized carbons (Fsp3) is 0.222. The van der Waals surface area contributed by atoms with Crippen LogP contribution in [0.25, 0.3) is 0 Å². The van der Waals surface area contributed by atoms with Crippen LogP contribution >= 0.6 is 11.6 Å². The minimum absolute atomic E-state index is 0.240. The molecule has 0 aliphatic rings. The molecule has 0 spiro atoms. The molecule has 0 radical (unpaired) electrons. The molecule has 1 N–H and O–H groups in total. The first-order chi connectivity index (χ1) is 10.9. The van der Waals surface area contributed by atoms with E-state index in [1.807, 2.05) is 32.9 Å². The summed E-state index contributed by atoms with van der Waals surface area (Å²) < 4.78 is 5.01. The zero-order valence-corrected chi connectivity index (χ0v) is 14.0. The van der Waals surface area contributed by atoms with Crippen LogP contribution in [0.3, 0.4) is 0 Å². The summed E-state index contributed by atoms with van der Waals surface area (Å²) in [6, 6.07) is 10.5. The van der Waals surface area contributed by atoms with E-state index in [1.54, 1.807) is 24.3 Å². The van der Waals surface area contributed by atoms with Crippen LogP contribution in [0.4, 0.5) is 5.69 Å². The van der Waals surface area contributed by atoms with Gasteiger partial charge in [-0.1, -0.05) is 41.4 Å². The molecular formula is C18H18ClNO3. The van der Waals surface area contributed by atoms with E-state index in [-0.39, 0.29) is 18.1 Å². The molecule has 1 amide bonds. The fourth-order valence-electron chi connectivity index (χ4n) is 2.39. The molecule has 4 nitrogen and oxygen atoms in total. The van der Waals surface area contributed by atoms with Crippen molar-refractivity contribution in [1.82, 2.24) is 0 Å². The summed E-state index contributed by atoms with van der Waals surface area (Å²) in [5.74, 6) is -1.01. The monoisotopic (exact) mass is 331 g/mol. The quantitative estimate of drug-likeness (QED) is 0.859. The number of rotatable bonds is 4. The maximum Gasteiger partial charge on any atom is 0.340 e. The van der Waals surface area contributed by atoms with Gasteiger partial charge in [0.15, 0.2) is 6.61 Å². The number of carbonyl (C=O) groups excluding carboxylic acids is 2. The van der Waals surface area contributed by atoms with Gasteiger partial charge >= 0.3 is 5.97 Å². The van der Waals surface area contributed by atoms with Gasteiger partial charge in [0.05, 0.1) is 10.6 Å². The Hall–Kier alpha value is -2.33. The topological polar surface area (TPSA) is 55.4 Å². The molecule has 5 heteroatoms. The molecule has 0 fully saturated rings. The number of nitrogens with one attached hydrogen (secondary N) is 1. The standard InChI is InChI=1S/C18H18ClNO3/c1-11-8-12(2)17(13(3)9-11)20-16(21)10-23-18(22)14-6-4-5-7-15(14)19/h4-9H,10H2,1-3H3,(H,20,21). The van der Waals surface area contributed by atoms with Crippen molar-refractivity contribution in [1.29, 1.82) is 0 Å². The number of aryl methyl sites for hydroxylation is 3.